The Hall–Kier alpha value is -2.98. The number of nitrogens with one attached hydrogen (secondary N) is 1. The van der Waals surface area contributed by atoms with Crippen LogP contribution in [0.2, 0.25) is 5.02 Å². The number of hydrogen-bond donors (Lipinski definition) is 1. The molecule has 3 aromatic rings. The third kappa shape index (κ3) is 4.33. The second-order valence-electron chi connectivity index (χ2n) is 8.65. The number of nitrogens with zero attached hydrogens (tertiary/aromatic N) is 2. The van der Waals surface area contributed by atoms with Crippen LogP contribution in [-0.2, 0) is 17.6 Å². The van der Waals surface area contributed by atoms with Crippen molar-refractivity contribution in [3.05, 3.63) is 95.0 Å². The van der Waals surface area contributed by atoms with Crippen LogP contribution < -0.4 is 15.1 Å². The van der Waals surface area contributed by atoms with Gasteiger partial charge >= 0.3 is 0 Å². The van der Waals surface area contributed by atoms with Crippen LogP contribution in [0.4, 0.5) is 11.4 Å². The maximum absolute atomic E-state index is 13.4. The second kappa shape index (κ2) is 9.25. The van der Waals surface area contributed by atoms with Gasteiger partial charge in [0.1, 0.15) is 0 Å². The number of benzene rings is 3. The Morgan fingerprint density at radius 2 is 1.78 bits per heavy atom. The smallest absolute Gasteiger partial charge is 0.225 e. The van der Waals surface area contributed by atoms with Gasteiger partial charge in [-0.25, -0.2) is 0 Å². The molecule has 1 N–H and O–H groups in total. The Morgan fingerprint density at radius 1 is 0.969 bits per heavy atom. The summed E-state index contributed by atoms with van der Waals surface area (Å²) >= 11 is 6.25. The number of piperazine rings is 1. The maximum atomic E-state index is 13.4. The van der Waals surface area contributed by atoms with E-state index in [1.165, 1.54) is 16.8 Å². The van der Waals surface area contributed by atoms with E-state index in [2.05, 4.69) is 57.6 Å². The molecule has 1 amide bonds. The van der Waals surface area contributed by atoms with E-state index in [4.69, 9.17) is 11.6 Å². The molecule has 5 rings (SSSR count). The summed E-state index contributed by atoms with van der Waals surface area (Å²) in [5, 5.41) is 3.97. The lowest BCUT2D eigenvalue weighted by atomic mass is 9.83. The summed E-state index contributed by atoms with van der Waals surface area (Å²) in [6, 6.07) is 27.0. The lowest BCUT2D eigenvalue weighted by molar-refractivity contribution is -0.125. The summed E-state index contributed by atoms with van der Waals surface area (Å²) in [4.78, 5) is 18.2. The van der Waals surface area contributed by atoms with Crippen molar-refractivity contribution in [2.24, 2.45) is 5.92 Å². The molecule has 4 nitrogen and oxygen atoms in total. The van der Waals surface area contributed by atoms with Gasteiger partial charge in [0.2, 0.25) is 5.91 Å². The molecule has 164 valence electrons. The molecule has 32 heavy (non-hydrogen) atoms. The largest absolute Gasteiger partial charge is 0.368 e. The van der Waals surface area contributed by atoms with Crippen molar-refractivity contribution < 1.29 is 4.79 Å². The normalized spacial score (nSPS) is 19.8. The molecule has 2 atom stereocenters. The van der Waals surface area contributed by atoms with Gasteiger partial charge in [0.05, 0.1) is 12.0 Å². The molecular formula is C27H28ClN3O. The van der Waals surface area contributed by atoms with Crippen molar-refractivity contribution >= 4 is 28.9 Å². The highest BCUT2D eigenvalue weighted by Crippen LogP contribution is 2.37. The Kier molecular flexibility index (Phi) is 6.04. The number of rotatable bonds is 5. The fraction of sp³-hybridized carbons (Fsp3) is 0.296. The van der Waals surface area contributed by atoms with Crippen LogP contribution in [0.3, 0.4) is 0 Å². The van der Waals surface area contributed by atoms with E-state index in [-0.39, 0.29) is 17.9 Å². The quantitative estimate of drug-likeness (QED) is 0.625. The van der Waals surface area contributed by atoms with Crippen LogP contribution in [0, 0.1) is 5.92 Å². The molecule has 3 aromatic carbocycles. The highest BCUT2D eigenvalue weighted by molar-refractivity contribution is 6.30. The van der Waals surface area contributed by atoms with Gasteiger partial charge in [-0.15, -0.1) is 0 Å². The number of amides is 1. The Balaban J connectivity index is 1.35. The summed E-state index contributed by atoms with van der Waals surface area (Å²) in [7, 11) is 0. The van der Waals surface area contributed by atoms with E-state index in [1.54, 1.807) is 0 Å². The standard InChI is InChI=1S/C27H28ClN3O/c28-22-10-6-11-23(18-22)30-15-16-31-25-12-5-4-9-21(25)17-24(26(31)19-30)27(32)29-14-13-20-7-2-1-3-8-20/h1-12,18,24,26H,13-17,19H2,(H,29,32). The first kappa shape index (κ1) is 20.9. The lowest BCUT2D eigenvalue weighted by Gasteiger charge is -2.49. The highest BCUT2D eigenvalue weighted by Gasteiger charge is 2.41. The Morgan fingerprint density at radius 3 is 2.62 bits per heavy atom. The fourth-order valence-corrected chi connectivity index (χ4v) is 5.26. The van der Waals surface area contributed by atoms with Crippen LogP contribution in [0.15, 0.2) is 78.9 Å². The second-order valence-corrected chi connectivity index (χ2v) is 9.09. The van der Waals surface area contributed by atoms with Crippen LogP contribution in [0.25, 0.3) is 0 Å². The van der Waals surface area contributed by atoms with Crippen molar-refractivity contribution in [3.8, 4) is 0 Å². The fourth-order valence-electron chi connectivity index (χ4n) is 5.07. The summed E-state index contributed by atoms with van der Waals surface area (Å²) in [5.74, 6) is 0.0704. The van der Waals surface area contributed by atoms with Crippen molar-refractivity contribution in [3.63, 3.8) is 0 Å². The Labute approximate surface area is 194 Å². The first-order valence-corrected chi connectivity index (χ1v) is 11.7. The molecule has 5 heteroatoms. The van der Waals surface area contributed by atoms with Crippen LogP contribution in [-0.4, -0.2) is 38.1 Å². The van der Waals surface area contributed by atoms with E-state index >= 15 is 0 Å². The molecule has 0 spiro atoms. The van der Waals surface area contributed by atoms with Crippen molar-refractivity contribution in [2.75, 3.05) is 36.0 Å². The van der Waals surface area contributed by atoms with Crippen molar-refractivity contribution in [1.29, 1.82) is 0 Å². The zero-order valence-electron chi connectivity index (χ0n) is 18.1. The minimum atomic E-state index is -0.0809. The van der Waals surface area contributed by atoms with Crippen molar-refractivity contribution in [1.82, 2.24) is 5.32 Å². The minimum absolute atomic E-state index is 0.0809. The zero-order chi connectivity index (χ0) is 21.9. The third-order valence-electron chi connectivity index (χ3n) is 6.69. The van der Waals surface area contributed by atoms with Gasteiger partial charge in [0.25, 0.3) is 0 Å². The molecule has 0 radical (unpaired) electrons. The molecule has 2 aliphatic rings. The number of anilines is 2. The van der Waals surface area contributed by atoms with Crippen LogP contribution in [0.5, 0.6) is 0 Å². The number of para-hydroxylation sites is 1. The number of carbonyl (C=O) groups is 1. The highest BCUT2D eigenvalue weighted by atomic mass is 35.5. The zero-order valence-corrected chi connectivity index (χ0v) is 18.8. The van der Waals surface area contributed by atoms with Gasteiger partial charge in [-0.05, 0) is 48.2 Å². The van der Waals surface area contributed by atoms with Gasteiger partial charge in [0, 0.05) is 42.6 Å². The minimum Gasteiger partial charge on any atom is -0.368 e. The molecule has 0 bridgehead atoms. The summed E-state index contributed by atoms with van der Waals surface area (Å²) in [5.41, 5.74) is 4.91. The molecular weight excluding hydrogens is 418 g/mol. The van der Waals surface area contributed by atoms with E-state index < -0.39 is 0 Å². The maximum Gasteiger partial charge on any atom is 0.225 e. The average Bonchev–Trinajstić information content (AvgIpc) is 2.84. The summed E-state index contributed by atoms with van der Waals surface area (Å²) < 4.78 is 0. The molecule has 0 aliphatic carbocycles. The summed E-state index contributed by atoms with van der Waals surface area (Å²) in [6.07, 6.45) is 1.62. The van der Waals surface area contributed by atoms with E-state index in [9.17, 15) is 4.79 Å². The van der Waals surface area contributed by atoms with E-state index in [0.29, 0.717) is 6.54 Å². The van der Waals surface area contributed by atoms with Crippen molar-refractivity contribution in [2.45, 2.75) is 18.9 Å². The molecule has 2 heterocycles. The molecule has 2 aliphatic heterocycles. The van der Waals surface area contributed by atoms with E-state index in [1.807, 2.05) is 36.4 Å². The monoisotopic (exact) mass is 445 g/mol. The van der Waals surface area contributed by atoms with Gasteiger partial charge in [0.15, 0.2) is 0 Å². The number of hydrogen-bond acceptors (Lipinski definition) is 3. The number of halogens is 1. The van der Waals surface area contributed by atoms with Gasteiger partial charge in [-0.3, -0.25) is 4.79 Å². The first-order valence-electron chi connectivity index (χ1n) is 11.4. The van der Waals surface area contributed by atoms with Crippen LogP contribution in [0.1, 0.15) is 11.1 Å². The van der Waals surface area contributed by atoms with Gasteiger partial charge < -0.3 is 15.1 Å². The molecule has 2 unspecified atom stereocenters. The topological polar surface area (TPSA) is 35.6 Å². The first-order chi connectivity index (χ1) is 15.7. The number of carbonyl (C=O) groups excluding carboxylic acids is 1. The third-order valence-corrected chi connectivity index (χ3v) is 6.92. The SMILES string of the molecule is O=C(NCCc1ccccc1)C1Cc2ccccc2N2CCN(c3cccc(Cl)c3)CC12. The predicted octanol–water partition coefficient (Wildman–Crippen LogP) is 4.57. The average molecular weight is 446 g/mol. The lowest BCUT2D eigenvalue weighted by Crippen LogP contribution is -2.61. The molecule has 1 fully saturated rings. The van der Waals surface area contributed by atoms with Crippen LogP contribution >= 0.6 is 11.6 Å². The predicted molar refractivity (Wildman–Crippen MR) is 132 cm³/mol. The van der Waals surface area contributed by atoms with Gasteiger partial charge in [-0.2, -0.15) is 0 Å². The molecule has 0 saturated carbocycles. The molecule has 0 aromatic heterocycles. The van der Waals surface area contributed by atoms with E-state index in [0.717, 1.165) is 43.2 Å². The summed E-state index contributed by atoms with van der Waals surface area (Å²) in [6.45, 7) is 3.27. The molecule has 1 saturated heterocycles. The number of fused-ring (bicyclic) bond motifs is 3. The Bertz CT molecular complexity index is 1090. The van der Waals surface area contributed by atoms with Gasteiger partial charge in [-0.1, -0.05) is 66.2 Å².